The number of nitrogen functional groups attached to an aromatic ring is 1. The highest BCUT2D eigenvalue weighted by molar-refractivity contribution is 7.90. The number of rotatable bonds is 8. The van der Waals surface area contributed by atoms with Crippen molar-refractivity contribution in [1.82, 2.24) is 19.7 Å². The zero-order chi connectivity index (χ0) is 29.0. The molecule has 0 saturated carbocycles. The zero-order valence-corrected chi connectivity index (χ0v) is 23.7. The van der Waals surface area contributed by atoms with Gasteiger partial charge in [0, 0.05) is 24.4 Å². The van der Waals surface area contributed by atoms with E-state index in [9.17, 15) is 13.2 Å². The Bertz CT molecular complexity index is 1630. The number of carbonyl (C=O) groups is 1. The van der Waals surface area contributed by atoms with E-state index in [1.165, 1.54) is 18.2 Å². The zero-order valence-electron chi connectivity index (χ0n) is 22.9. The molecule has 1 fully saturated rings. The lowest BCUT2D eigenvalue weighted by Gasteiger charge is -2.38. The maximum Gasteiger partial charge on any atom is 0.281 e. The van der Waals surface area contributed by atoms with Crippen LogP contribution in [0.2, 0.25) is 0 Å². The van der Waals surface area contributed by atoms with Gasteiger partial charge in [-0.2, -0.15) is 8.42 Å². The third-order valence-electron chi connectivity index (χ3n) is 6.71. The molecule has 1 aliphatic heterocycles. The summed E-state index contributed by atoms with van der Waals surface area (Å²) in [4.78, 5) is 28.9. The summed E-state index contributed by atoms with van der Waals surface area (Å²) in [6.45, 7) is 4.51. The minimum absolute atomic E-state index is 0.0105. The topological polar surface area (TPSA) is 140 Å². The van der Waals surface area contributed by atoms with Crippen LogP contribution in [0.3, 0.4) is 0 Å². The Kier molecular flexibility index (Phi) is 8.16. The summed E-state index contributed by atoms with van der Waals surface area (Å²) in [7, 11) is -4.28. The van der Waals surface area contributed by atoms with E-state index < -0.39 is 15.9 Å². The first-order valence-electron chi connectivity index (χ1n) is 13.5. The number of pyridine rings is 3. The molecule has 1 atom stereocenters. The number of nitrogens with one attached hydrogen (secondary N) is 1. The largest absolute Gasteiger partial charge is 0.475 e. The summed E-state index contributed by atoms with van der Waals surface area (Å²) in [6, 6.07) is 21.1. The molecule has 1 amide bonds. The molecule has 0 aliphatic carbocycles. The van der Waals surface area contributed by atoms with Gasteiger partial charge in [-0.15, -0.1) is 0 Å². The van der Waals surface area contributed by atoms with E-state index in [-0.39, 0.29) is 28.6 Å². The summed E-state index contributed by atoms with van der Waals surface area (Å²) in [5.41, 5.74) is 8.24. The van der Waals surface area contributed by atoms with Crippen LogP contribution in [-0.2, 0) is 10.0 Å². The second kappa shape index (κ2) is 11.9. The highest BCUT2D eigenvalue weighted by Gasteiger charge is 2.30. The fourth-order valence-electron chi connectivity index (χ4n) is 4.86. The highest BCUT2D eigenvalue weighted by atomic mass is 32.2. The molecule has 3 aromatic heterocycles. The van der Waals surface area contributed by atoms with Crippen molar-refractivity contribution in [2.45, 2.75) is 50.3 Å². The summed E-state index contributed by atoms with van der Waals surface area (Å²) in [5, 5.41) is -0.341. The number of nitrogens with zero attached hydrogens (tertiary/aromatic N) is 4. The summed E-state index contributed by atoms with van der Waals surface area (Å²) >= 11 is 0. The van der Waals surface area contributed by atoms with Crippen molar-refractivity contribution in [2.75, 3.05) is 17.2 Å². The second-order valence-electron chi connectivity index (χ2n) is 10.1. The molecular weight excluding hydrogens is 540 g/mol. The van der Waals surface area contributed by atoms with Gasteiger partial charge in [0.25, 0.3) is 15.9 Å². The molecule has 0 radical (unpaired) electrons. The normalized spacial score (nSPS) is 15.5. The van der Waals surface area contributed by atoms with E-state index >= 15 is 0 Å². The predicted octanol–water partition coefficient (Wildman–Crippen LogP) is 4.76. The van der Waals surface area contributed by atoms with E-state index in [2.05, 4.69) is 31.7 Å². The van der Waals surface area contributed by atoms with Gasteiger partial charge in [0.1, 0.15) is 11.6 Å². The molecule has 3 N–H and O–H groups in total. The van der Waals surface area contributed by atoms with Crippen molar-refractivity contribution in [3.8, 4) is 17.1 Å². The molecule has 4 heterocycles. The SMILES string of the molecule is CC(C)Oc1ccc(-c2ccc(C(=O)NS(=O)(=O)c3cccc(N)n3)c(N3CCCCC3c3ccccc3)n2)cn1. The number of carbonyl (C=O) groups excluding carboxylic acids is 1. The average molecular weight is 573 g/mol. The summed E-state index contributed by atoms with van der Waals surface area (Å²) in [6.07, 6.45) is 4.46. The van der Waals surface area contributed by atoms with Crippen LogP contribution in [0.5, 0.6) is 5.88 Å². The number of benzene rings is 1. The molecule has 1 saturated heterocycles. The Morgan fingerprint density at radius 3 is 2.51 bits per heavy atom. The van der Waals surface area contributed by atoms with Crippen LogP contribution >= 0.6 is 0 Å². The minimum atomic E-state index is -4.28. The third-order valence-corrected chi connectivity index (χ3v) is 7.95. The van der Waals surface area contributed by atoms with E-state index in [0.29, 0.717) is 23.9 Å². The van der Waals surface area contributed by atoms with Gasteiger partial charge < -0.3 is 15.4 Å². The van der Waals surface area contributed by atoms with Crippen LogP contribution in [0, 0.1) is 0 Å². The fraction of sp³-hybridized carbons (Fsp3) is 0.267. The van der Waals surface area contributed by atoms with Crippen LogP contribution in [0.4, 0.5) is 11.6 Å². The molecular formula is C30H32N6O4S. The second-order valence-corrected chi connectivity index (χ2v) is 11.7. The van der Waals surface area contributed by atoms with Crippen molar-refractivity contribution < 1.29 is 17.9 Å². The first-order valence-corrected chi connectivity index (χ1v) is 14.9. The van der Waals surface area contributed by atoms with Crippen LogP contribution in [0.1, 0.15) is 55.1 Å². The summed E-state index contributed by atoms with van der Waals surface area (Å²) < 4.78 is 33.9. The molecule has 5 rings (SSSR count). The first-order chi connectivity index (χ1) is 19.7. The van der Waals surface area contributed by atoms with Crippen molar-refractivity contribution in [1.29, 1.82) is 0 Å². The number of hydrogen-bond acceptors (Lipinski definition) is 9. The minimum Gasteiger partial charge on any atom is -0.475 e. The van der Waals surface area contributed by atoms with Crippen LogP contribution in [-0.4, -0.2) is 41.9 Å². The molecule has 41 heavy (non-hydrogen) atoms. The van der Waals surface area contributed by atoms with Gasteiger partial charge in [0.05, 0.1) is 23.4 Å². The first kappa shape index (κ1) is 28.0. The number of sulfonamides is 1. The van der Waals surface area contributed by atoms with Gasteiger partial charge in [-0.25, -0.2) is 19.7 Å². The molecule has 0 bridgehead atoms. The number of ether oxygens (including phenoxy) is 1. The Balaban J connectivity index is 1.56. The smallest absolute Gasteiger partial charge is 0.281 e. The van der Waals surface area contributed by atoms with Gasteiger partial charge in [-0.3, -0.25) is 4.79 Å². The number of nitrogens with two attached hydrogens (primary N) is 1. The number of hydrogen-bond donors (Lipinski definition) is 2. The summed E-state index contributed by atoms with van der Waals surface area (Å²) in [5.74, 6) is 0.122. The van der Waals surface area contributed by atoms with E-state index in [1.54, 1.807) is 24.4 Å². The molecule has 1 aromatic carbocycles. The maximum absolute atomic E-state index is 13.6. The monoisotopic (exact) mass is 572 g/mol. The predicted molar refractivity (Wildman–Crippen MR) is 157 cm³/mol. The van der Waals surface area contributed by atoms with Gasteiger partial charge in [0.15, 0.2) is 5.03 Å². The van der Waals surface area contributed by atoms with Gasteiger partial charge in [-0.05, 0) is 69.0 Å². The van der Waals surface area contributed by atoms with Gasteiger partial charge in [0.2, 0.25) is 5.88 Å². The molecule has 11 heteroatoms. The standard InChI is InChI=1S/C30H32N6O4S/c1-20(2)40-27-17-14-22(19-32-27)24-16-15-23(30(37)35-41(38,39)28-13-8-12-26(31)34-28)29(33-24)36-18-7-6-11-25(36)21-9-4-3-5-10-21/h3-5,8-10,12-17,19-20,25H,6-7,11,18H2,1-2H3,(H2,31,34)(H,35,37). The van der Waals surface area contributed by atoms with Crippen molar-refractivity contribution in [3.63, 3.8) is 0 Å². The van der Waals surface area contributed by atoms with Crippen molar-refractivity contribution >= 4 is 27.6 Å². The third kappa shape index (κ3) is 6.46. The lowest BCUT2D eigenvalue weighted by Crippen LogP contribution is -2.37. The van der Waals surface area contributed by atoms with E-state index in [0.717, 1.165) is 30.4 Å². The fourth-order valence-corrected chi connectivity index (χ4v) is 5.81. The highest BCUT2D eigenvalue weighted by Crippen LogP contribution is 2.37. The number of aromatic nitrogens is 3. The van der Waals surface area contributed by atoms with Crippen molar-refractivity contribution in [3.05, 3.63) is 90.1 Å². The van der Waals surface area contributed by atoms with Crippen molar-refractivity contribution in [2.24, 2.45) is 0 Å². The molecule has 0 spiro atoms. The van der Waals surface area contributed by atoms with Crippen LogP contribution in [0.15, 0.2) is 84.0 Å². The lowest BCUT2D eigenvalue weighted by molar-refractivity contribution is 0.0981. The van der Waals surface area contributed by atoms with Gasteiger partial charge in [-0.1, -0.05) is 36.4 Å². The Morgan fingerprint density at radius 2 is 1.80 bits per heavy atom. The van der Waals surface area contributed by atoms with Gasteiger partial charge >= 0.3 is 0 Å². The molecule has 212 valence electrons. The molecule has 10 nitrogen and oxygen atoms in total. The quantitative estimate of drug-likeness (QED) is 0.306. The Labute approximate surface area is 239 Å². The maximum atomic E-state index is 13.6. The number of amides is 1. The molecule has 1 aliphatic rings. The number of anilines is 2. The molecule has 4 aromatic rings. The Hall–Kier alpha value is -4.51. The number of piperidine rings is 1. The van der Waals surface area contributed by atoms with Crippen LogP contribution in [0.25, 0.3) is 11.3 Å². The Morgan fingerprint density at radius 1 is 1.00 bits per heavy atom. The van der Waals surface area contributed by atoms with E-state index in [4.69, 9.17) is 15.5 Å². The van der Waals surface area contributed by atoms with E-state index in [1.807, 2.05) is 38.1 Å². The van der Waals surface area contributed by atoms with Crippen LogP contribution < -0.4 is 20.1 Å². The lowest BCUT2D eigenvalue weighted by atomic mass is 9.94. The molecule has 1 unspecified atom stereocenters. The average Bonchev–Trinajstić information content (AvgIpc) is 2.97.